The quantitative estimate of drug-likeness (QED) is 0.849. The number of rotatable bonds is 2. The van der Waals surface area contributed by atoms with Crippen molar-refractivity contribution in [1.29, 1.82) is 0 Å². The second kappa shape index (κ2) is 6.40. The van der Waals surface area contributed by atoms with E-state index in [2.05, 4.69) is 5.16 Å². The van der Waals surface area contributed by atoms with Gasteiger partial charge in [-0.2, -0.15) is 0 Å². The second-order valence-corrected chi connectivity index (χ2v) is 5.51. The molecule has 1 amide bonds. The standard InChI is InChI=1S/C16H17ClN2O3/c1-2-21-16(20)19-9-7-12-14(8-10-19)18-22-15(12)11-5-3-4-6-13(11)17/h3-6H,2,7-10H2,1H3. The highest BCUT2D eigenvalue weighted by atomic mass is 35.5. The first-order chi connectivity index (χ1) is 10.7. The van der Waals surface area contributed by atoms with Crippen LogP contribution in [0.1, 0.15) is 18.2 Å². The molecule has 116 valence electrons. The largest absolute Gasteiger partial charge is 0.450 e. The smallest absolute Gasteiger partial charge is 0.409 e. The zero-order chi connectivity index (χ0) is 15.5. The number of benzene rings is 1. The topological polar surface area (TPSA) is 55.6 Å². The van der Waals surface area contributed by atoms with E-state index >= 15 is 0 Å². The van der Waals surface area contributed by atoms with E-state index in [0.29, 0.717) is 43.3 Å². The monoisotopic (exact) mass is 320 g/mol. The molecule has 2 aromatic rings. The summed E-state index contributed by atoms with van der Waals surface area (Å²) in [5.74, 6) is 0.700. The molecule has 1 aliphatic heterocycles. The Morgan fingerprint density at radius 3 is 2.91 bits per heavy atom. The normalized spacial score (nSPS) is 14.4. The third-order valence-corrected chi connectivity index (χ3v) is 4.09. The Labute approximate surface area is 133 Å². The lowest BCUT2D eigenvalue weighted by Crippen LogP contribution is -2.33. The summed E-state index contributed by atoms with van der Waals surface area (Å²) in [4.78, 5) is 13.6. The lowest BCUT2D eigenvalue weighted by atomic mass is 10.0. The zero-order valence-corrected chi connectivity index (χ0v) is 13.1. The Kier molecular flexibility index (Phi) is 4.34. The fourth-order valence-electron chi connectivity index (χ4n) is 2.65. The summed E-state index contributed by atoms with van der Waals surface area (Å²) in [5, 5.41) is 4.79. The highest BCUT2D eigenvalue weighted by molar-refractivity contribution is 6.33. The van der Waals surface area contributed by atoms with Crippen LogP contribution in [0.15, 0.2) is 28.8 Å². The lowest BCUT2D eigenvalue weighted by Gasteiger charge is -2.19. The molecule has 0 bridgehead atoms. The Balaban J connectivity index is 1.86. The Hall–Kier alpha value is -2.01. The van der Waals surface area contributed by atoms with Crippen molar-refractivity contribution in [3.8, 4) is 11.3 Å². The van der Waals surface area contributed by atoms with Crippen LogP contribution in [0, 0.1) is 0 Å². The summed E-state index contributed by atoms with van der Waals surface area (Å²) in [6.07, 6.45) is 1.06. The van der Waals surface area contributed by atoms with E-state index in [1.54, 1.807) is 11.8 Å². The van der Waals surface area contributed by atoms with Gasteiger partial charge in [-0.3, -0.25) is 0 Å². The number of halogens is 1. The molecule has 0 saturated carbocycles. The number of hydrogen-bond donors (Lipinski definition) is 0. The van der Waals surface area contributed by atoms with Gasteiger partial charge in [0.15, 0.2) is 5.76 Å². The minimum Gasteiger partial charge on any atom is -0.450 e. The number of amides is 1. The fourth-order valence-corrected chi connectivity index (χ4v) is 2.87. The summed E-state index contributed by atoms with van der Waals surface area (Å²) in [5.41, 5.74) is 2.75. The third kappa shape index (κ3) is 2.81. The summed E-state index contributed by atoms with van der Waals surface area (Å²) in [6.45, 7) is 3.36. The maximum atomic E-state index is 11.9. The van der Waals surface area contributed by atoms with Crippen LogP contribution in [0.25, 0.3) is 11.3 Å². The van der Waals surface area contributed by atoms with Crippen LogP contribution in [-0.4, -0.2) is 35.8 Å². The molecular weight excluding hydrogens is 304 g/mol. The molecule has 5 nitrogen and oxygen atoms in total. The molecule has 0 atom stereocenters. The summed E-state index contributed by atoms with van der Waals surface area (Å²) in [6, 6.07) is 7.53. The Bertz CT molecular complexity index is 684. The van der Waals surface area contributed by atoms with Crippen LogP contribution >= 0.6 is 11.6 Å². The van der Waals surface area contributed by atoms with Crippen molar-refractivity contribution in [3.63, 3.8) is 0 Å². The van der Waals surface area contributed by atoms with E-state index in [4.69, 9.17) is 20.9 Å². The van der Waals surface area contributed by atoms with E-state index in [-0.39, 0.29) is 6.09 Å². The number of nitrogens with zero attached hydrogens (tertiary/aromatic N) is 2. The number of aromatic nitrogens is 1. The lowest BCUT2D eigenvalue weighted by molar-refractivity contribution is 0.108. The molecule has 0 aliphatic carbocycles. The first-order valence-electron chi connectivity index (χ1n) is 7.34. The number of fused-ring (bicyclic) bond motifs is 1. The average Bonchev–Trinajstić information content (AvgIpc) is 2.79. The van der Waals surface area contributed by atoms with Gasteiger partial charge in [-0.05, 0) is 25.5 Å². The molecule has 0 spiro atoms. The molecule has 1 aromatic heterocycles. The molecule has 0 fully saturated rings. The van der Waals surface area contributed by atoms with Gasteiger partial charge in [-0.1, -0.05) is 28.9 Å². The Morgan fingerprint density at radius 2 is 2.14 bits per heavy atom. The number of carbonyl (C=O) groups excluding carboxylic acids is 1. The van der Waals surface area contributed by atoms with Gasteiger partial charge in [0, 0.05) is 30.6 Å². The molecule has 1 aromatic carbocycles. The minimum absolute atomic E-state index is 0.274. The van der Waals surface area contributed by atoms with E-state index in [9.17, 15) is 4.79 Å². The van der Waals surface area contributed by atoms with Gasteiger partial charge in [0.25, 0.3) is 0 Å². The van der Waals surface area contributed by atoms with Crippen LogP contribution in [0.5, 0.6) is 0 Å². The second-order valence-electron chi connectivity index (χ2n) is 5.10. The predicted octanol–water partition coefficient (Wildman–Crippen LogP) is 3.55. The molecular formula is C16H17ClN2O3. The highest BCUT2D eigenvalue weighted by Gasteiger charge is 2.25. The third-order valence-electron chi connectivity index (χ3n) is 3.76. The summed E-state index contributed by atoms with van der Waals surface area (Å²) in [7, 11) is 0. The van der Waals surface area contributed by atoms with Gasteiger partial charge in [0.1, 0.15) is 0 Å². The van der Waals surface area contributed by atoms with Gasteiger partial charge in [-0.15, -0.1) is 0 Å². The molecule has 0 unspecified atom stereocenters. The maximum Gasteiger partial charge on any atom is 0.409 e. The number of ether oxygens (including phenoxy) is 1. The van der Waals surface area contributed by atoms with Crippen LogP contribution < -0.4 is 0 Å². The van der Waals surface area contributed by atoms with Gasteiger partial charge < -0.3 is 14.2 Å². The predicted molar refractivity (Wildman–Crippen MR) is 83.0 cm³/mol. The zero-order valence-electron chi connectivity index (χ0n) is 12.3. The van der Waals surface area contributed by atoms with Crippen molar-refractivity contribution in [2.45, 2.75) is 19.8 Å². The summed E-state index contributed by atoms with van der Waals surface area (Å²) >= 11 is 6.25. The molecule has 3 rings (SSSR count). The molecule has 1 aliphatic rings. The van der Waals surface area contributed by atoms with Crippen LogP contribution in [0.3, 0.4) is 0 Å². The molecule has 2 heterocycles. The van der Waals surface area contributed by atoms with E-state index < -0.39 is 0 Å². The molecule has 22 heavy (non-hydrogen) atoms. The number of carbonyl (C=O) groups is 1. The molecule has 0 radical (unpaired) electrons. The Morgan fingerprint density at radius 1 is 1.36 bits per heavy atom. The maximum absolute atomic E-state index is 11.9. The van der Waals surface area contributed by atoms with E-state index in [0.717, 1.165) is 16.8 Å². The fraction of sp³-hybridized carbons (Fsp3) is 0.375. The van der Waals surface area contributed by atoms with Crippen LogP contribution in [0.4, 0.5) is 4.79 Å². The summed E-state index contributed by atoms with van der Waals surface area (Å²) < 4.78 is 10.6. The van der Waals surface area contributed by atoms with Crippen molar-refractivity contribution in [2.24, 2.45) is 0 Å². The minimum atomic E-state index is -0.274. The highest BCUT2D eigenvalue weighted by Crippen LogP contribution is 2.33. The van der Waals surface area contributed by atoms with Crippen LogP contribution in [0.2, 0.25) is 5.02 Å². The number of hydrogen-bond acceptors (Lipinski definition) is 4. The molecule has 0 N–H and O–H groups in total. The molecule has 6 heteroatoms. The molecule has 0 saturated heterocycles. The van der Waals surface area contributed by atoms with Crippen molar-refractivity contribution in [3.05, 3.63) is 40.5 Å². The van der Waals surface area contributed by atoms with Gasteiger partial charge in [0.2, 0.25) is 0 Å². The van der Waals surface area contributed by atoms with Crippen molar-refractivity contribution in [2.75, 3.05) is 19.7 Å². The van der Waals surface area contributed by atoms with E-state index in [1.165, 1.54) is 0 Å². The van der Waals surface area contributed by atoms with Crippen molar-refractivity contribution in [1.82, 2.24) is 10.1 Å². The average molecular weight is 321 g/mol. The van der Waals surface area contributed by atoms with E-state index in [1.807, 2.05) is 24.3 Å². The van der Waals surface area contributed by atoms with Gasteiger partial charge in [0.05, 0.1) is 17.3 Å². The van der Waals surface area contributed by atoms with Gasteiger partial charge in [-0.25, -0.2) is 4.79 Å². The SMILES string of the molecule is CCOC(=O)N1CCc2noc(-c3ccccc3Cl)c2CC1. The van der Waals surface area contributed by atoms with Crippen molar-refractivity contribution >= 4 is 17.7 Å². The van der Waals surface area contributed by atoms with Crippen molar-refractivity contribution < 1.29 is 14.1 Å². The van der Waals surface area contributed by atoms with Gasteiger partial charge >= 0.3 is 6.09 Å². The first kappa shape index (κ1) is 14.9. The first-order valence-corrected chi connectivity index (χ1v) is 7.72. The van der Waals surface area contributed by atoms with Crippen LogP contribution in [-0.2, 0) is 17.6 Å².